The molecule has 0 saturated heterocycles. The molecule has 5 rings (SSSR count). The summed E-state index contributed by atoms with van der Waals surface area (Å²) in [6, 6.07) is 13.1. The summed E-state index contributed by atoms with van der Waals surface area (Å²) in [5, 5.41) is 5.49. The Hall–Kier alpha value is -3.54. The molecule has 2 aromatic carbocycles. The highest BCUT2D eigenvalue weighted by Crippen LogP contribution is 2.36. The second kappa shape index (κ2) is 6.81. The Morgan fingerprint density at radius 1 is 1.14 bits per heavy atom. The molecule has 1 aliphatic carbocycles. The predicted molar refractivity (Wildman–Crippen MR) is 113 cm³/mol. The van der Waals surface area contributed by atoms with Crippen molar-refractivity contribution in [3.63, 3.8) is 0 Å². The average Bonchev–Trinajstić information content (AvgIpc) is 3.13. The van der Waals surface area contributed by atoms with E-state index < -0.39 is 0 Å². The summed E-state index contributed by atoms with van der Waals surface area (Å²) in [5.74, 6) is 0.636. The van der Waals surface area contributed by atoms with Gasteiger partial charge in [-0.3, -0.25) is 9.59 Å². The van der Waals surface area contributed by atoms with Gasteiger partial charge in [0.1, 0.15) is 5.75 Å². The molecule has 4 aromatic rings. The molecular weight excluding hydrogens is 366 g/mol. The first-order valence-corrected chi connectivity index (χ1v) is 9.75. The van der Waals surface area contributed by atoms with E-state index >= 15 is 0 Å². The highest BCUT2D eigenvalue weighted by Gasteiger charge is 2.26. The van der Waals surface area contributed by atoms with Crippen LogP contribution in [0.15, 0.2) is 53.5 Å². The van der Waals surface area contributed by atoms with Gasteiger partial charge in [-0.2, -0.15) is 0 Å². The molecule has 3 N–H and O–H groups in total. The summed E-state index contributed by atoms with van der Waals surface area (Å²) in [6.45, 7) is 0. The molecule has 0 bridgehead atoms. The van der Waals surface area contributed by atoms with Crippen LogP contribution in [-0.2, 0) is 6.42 Å². The Morgan fingerprint density at radius 3 is 2.79 bits per heavy atom. The minimum atomic E-state index is -0.193. The van der Waals surface area contributed by atoms with E-state index in [2.05, 4.69) is 15.3 Å². The maximum atomic E-state index is 13.1. The number of H-pyrrole nitrogens is 2. The number of nitrogens with one attached hydrogen (secondary N) is 3. The van der Waals surface area contributed by atoms with Gasteiger partial charge in [0.15, 0.2) is 0 Å². The largest absolute Gasteiger partial charge is 0.497 e. The van der Waals surface area contributed by atoms with Gasteiger partial charge in [-0.1, -0.05) is 18.2 Å². The molecule has 0 unspecified atom stereocenters. The summed E-state index contributed by atoms with van der Waals surface area (Å²) in [5.41, 5.74) is 3.63. The molecule has 6 heteroatoms. The minimum Gasteiger partial charge on any atom is -0.497 e. The normalized spacial score (nSPS) is 16.0. The molecule has 0 radical (unpaired) electrons. The van der Waals surface area contributed by atoms with Gasteiger partial charge in [0, 0.05) is 33.6 Å². The third kappa shape index (κ3) is 2.88. The van der Waals surface area contributed by atoms with Crippen molar-refractivity contribution in [3.05, 3.63) is 75.8 Å². The third-order valence-corrected chi connectivity index (χ3v) is 5.77. The Labute approximate surface area is 166 Å². The zero-order valence-electron chi connectivity index (χ0n) is 16.0. The Bertz CT molecular complexity index is 1300. The first-order valence-electron chi connectivity index (χ1n) is 9.75. The number of aromatic amines is 2. The lowest BCUT2D eigenvalue weighted by molar-refractivity contribution is 0.0933. The number of amides is 1. The van der Waals surface area contributed by atoms with E-state index in [-0.39, 0.29) is 17.5 Å². The second-order valence-corrected chi connectivity index (χ2v) is 7.42. The van der Waals surface area contributed by atoms with Crippen molar-refractivity contribution < 1.29 is 9.53 Å². The van der Waals surface area contributed by atoms with Crippen LogP contribution in [0.2, 0.25) is 0 Å². The summed E-state index contributed by atoms with van der Waals surface area (Å²) in [6.07, 6.45) is 4.33. The molecule has 0 spiro atoms. The number of aromatic nitrogens is 2. The van der Waals surface area contributed by atoms with E-state index in [4.69, 9.17) is 4.74 Å². The maximum Gasteiger partial charge on any atom is 0.255 e. The van der Waals surface area contributed by atoms with E-state index in [0.29, 0.717) is 16.3 Å². The van der Waals surface area contributed by atoms with Gasteiger partial charge in [-0.15, -0.1) is 0 Å². The molecule has 29 heavy (non-hydrogen) atoms. The SMILES string of the molecule is COc1ccc2[nH]c3c(c2c1)CCC[C@@H]3NC(=O)c1c[nH]c(=O)c2ccccc12. The smallest absolute Gasteiger partial charge is 0.255 e. The van der Waals surface area contributed by atoms with Crippen molar-refractivity contribution in [2.45, 2.75) is 25.3 Å². The van der Waals surface area contributed by atoms with Crippen molar-refractivity contribution in [2.75, 3.05) is 7.11 Å². The highest BCUT2D eigenvalue weighted by molar-refractivity contribution is 6.06. The van der Waals surface area contributed by atoms with Gasteiger partial charge in [0.25, 0.3) is 11.5 Å². The number of fused-ring (bicyclic) bond motifs is 4. The monoisotopic (exact) mass is 387 g/mol. The standard InChI is InChI=1S/C23H21N3O3/c1-29-13-9-10-19-17(11-13)15-7-4-8-20(21(15)25-19)26-23(28)18-12-24-22(27)16-6-3-2-5-14(16)18/h2-3,5-6,9-12,20,25H,4,7-8H2,1H3,(H,24,27)(H,26,28)/t20-/m0/s1. The summed E-state index contributed by atoms with van der Waals surface area (Å²) in [4.78, 5) is 31.3. The number of pyridine rings is 1. The van der Waals surface area contributed by atoms with Crippen LogP contribution in [0.4, 0.5) is 0 Å². The molecule has 2 aromatic heterocycles. The molecular formula is C23H21N3O3. The summed E-state index contributed by atoms with van der Waals surface area (Å²) in [7, 11) is 1.66. The lowest BCUT2D eigenvalue weighted by atomic mass is 9.91. The zero-order chi connectivity index (χ0) is 20.0. The topological polar surface area (TPSA) is 87.0 Å². The van der Waals surface area contributed by atoms with E-state index in [1.54, 1.807) is 25.3 Å². The molecule has 0 saturated carbocycles. The highest BCUT2D eigenvalue weighted by atomic mass is 16.5. The minimum absolute atomic E-state index is 0.102. The van der Waals surface area contributed by atoms with Crippen LogP contribution in [-0.4, -0.2) is 23.0 Å². The molecule has 0 fully saturated rings. The number of hydrogen-bond donors (Lipinski definition) is 3. The fraction of sp³-hybridized carbons (Fsp3) is 0.217. The van der Waals surface area contributed by atoms with Crippen LogP contribution in [0, 0.1) is 0 Å². The van der Waals surface area contributed by atoms with Crippen LogP contribution in [0.25, 0.3) is 21.7 Å². The van der Waals surface area contributed by atoms with Crippen molar-refractivity contribution in [2.24, 2.45) is 0 Å². The summed E-state index contributed by atoms with van der Waals surface area (Å²) >= 11 is 0. The van der Waals surface area contributed by atoms with Crippen LogP contribution in [0.1, 0.15) is 40.5 Å². The predicted octanol–water partition coefficient (Wildman–Crippen LogP) is 3.83. The second-order valence-electron chi connectivity index (χ2n) is 7.42. The molecule has 1 aliphatic rings. The van der Waals surface area contributed by atoms with Gasteiger partial charge >= 0.3 is 0 Å². The fourth-order valence-electron chi connectivity index (χ4n) is 4.35. The number of hydrogen-bond acceptors (Lipinski definition) is 3. The number of aryl methyl sites for hydroxylation is 1. The zero-order valence-corrected chi connectivity index (χ0v) is 16.0. The number of carbonyl (C=O) groups is 1. The summed E-state index contributed by atoms with van der Waals surface area (Å²) < 4.78 is 5.37. The van der Waals surface area contributed by atoms with E-state index in [1.807, 2.05) is 24.3 Å². The van der Waals surface area contributed by atoms with Gasteiger partial charge in [-0.05, 0) is 49.1 Å². The lowest BCUT2D eigenvalue weighted by Crippen LogP contribution is -2.31. The molecule has 1 amide bonds. The molecule has 1 atom stereocenters. The average molecular weight is 387 g/mol. The van der Waals surface area contributed by atoms with Crippen LogP contribution in [0.3, 0.4) is 0 Å². The van der Waals surface area contributed by atoms with Crippen molar-refractivity contribution in [3.8, 4) is 5.75 Å². The van der Waals surface area contributed by atoms with Gasteiger partial charge in [0.05, 0.1) is 18.7 Å². The van der Waals surface area contributed by atoms with Crippen molar-refractivity contribution in [1.29, 1.82) is 0 Å². The number of carbonyl (C=O) groups excluding carboxylic acids is 1. The first kappa shape index (κ1) is 17.6. The van der Waals surface area contributed by atoms with E-state index in [1.165, 1.54) is 11.8 Å². The Morgan fingerprint density at radius 2 is 1.97 bits per heavy atom. The third-order valence-electron chi connectivity index (χ3n) is 5.77. The Kier molecular flexibility index (Phi) is 4.12. The Balaban J connectivity index is 1.52. The van der Waals surface area contributed by atoms with Gasteiger partial charge in [0.2, 0.25) is 0 Å². The quantitative estimate of drug-likeness (QED) is 0.499. The van der Waals surface area contributed by atoms with Crippen LogP contribution >= 0.6 is 0 Å². The number of rotatable bonds is 3. The molecule has 0 aliphatic heterocycles. The van der Waals surface area contributed by atoms with E-state index in [9.17, 15) is 9.59 Å². The maximum absolute atomic E-state index is 13.1. The number of ether oxygens (including phenoxy) is 1. The van der Waals surface area contributed by atoms with Crippen molar-refractivity contribution in [1.82, 2.24) is 15.3 Å². The molecule has 146 valence electrons. The van der Waals surface area contributed by atoms with Crippen molar-refractivity contribution >= 4 is 27.6 Å². The first-order chi connectivity index (χ1) is 14.2. The number of methoxy groups -OCH3 is 1. The van der Waals surface area contributed by atoms with E-state index in [0.717, 1.165) is 41.6 Å². The molecule has 6 nitrogen and oxygen atoms in total. The van der Waals surface area contributed by atoms with Crippen LogP contribution in [0.5, 0.6) is 5.75 Å². The van der Waals surface area contributed by atoms with Crippen LogP contribution < -0.4 is 15.6 Å². The van der Waals surface area contributed by atoms with Gasteiger partial charge in [-0.25, -0.2) is 0 Å². The molecule has 2 heterocycles. The fourth-order valence-corrected chi connectivity index (χ4v) is 4.35. The lowest BCUT2D eigenvalue weighted by Gasteiger charge is -2.24. The van der Waals surface area contributed by atoms with Gasteiger partial charge < -0.3 is 20.0 Å². The number of benzene rings is 2.